The Morgan fingerprint density at radius 3 is 2.71 bits per heavy atom. The van der Waals surface area contributed by atoms with E-state index >= 15 is 0 Å². The second-order valence-corrected chi connectivity index (χ2v) is 7.12. The maximum atomic E-state index is 12.9. The van der Waals surface area contributed by atoms with Crippen LogP contribution in [-0.2, 0) is 11.3 Å². The van der Waals surface area contributed by atoms with Crippen LogP contribution in [0.1, 0.15) is 44.9 Å². The molecule has 1 saturated heterocycles. The monoisotopic (exact) mass is 328 g/mol. The number of rotatable bonds is 3. The lowest BCUT2D eigenvalue weighted by molar-refractivity contribution is -0.133. The van der Waals surface area contributed by atoms with Gasteiger partial charge >= 0.3 is 5.76 Å². The summed E-state index contributed by atoms with van der Waals surface area (Å²) in [5.41, 5.74) is 1.24. The highest BCUT2D eigenvalue weighted by Gasteiger charge is 2.35. The van der Waals surface area contributed by atoms with Crippen LogP contribution in [0.3, 0.4) is 0 Å². The Hall–Kier alpha value is -2.04. The van der Waals surface area contributed by atoms with Crippen molar-refractivity contribution >= 4 is 17.0 Å². The second-order valence-electron chi connectivity index (χ2n) is 7.12. The van der Waals surface area contributed by atoms with Gasteiger partial charge in [0.2, 0.25) is 5.91 Å². The number of nitrogens with zero attached hydrogens (tertiary/aromatic N) is 2. The van der Waals surface area contributed by atoms with E-state index in [9.17, 15) is 9.59 Å². The SMILES string of the molecule is O=C(Cn1c(=O)oc2ccccc21)N1CCC[C@H]1C1CCCCC1. The number of hydrogen-bond acceptors (Lipinski definition) is 3. The number of carbonyl (C=O) groups excluding carboxylic acids is 1. The Morgan fingerprint density at radius 2 is 1.88 bits per heavy atom. The van der Waals surface area contributed by atoms with Gasteiger partial charge in [0, 0.05) is 12.6 Å². The summed E-state index contributed by atoms with van der Waals surface area (Å²) in [7, 11) is 0. The lowest BCUT2D eigenvalue weighted by Gasteiger charge is -2.34. The number of aromatic nitrogens is 1. The summed E-state index contributed by atoms with van der Waals surface area (Å²) >= 11 is 0. The molecule has 1 aliphatic carbocycles. The van der Waals surface area contributed by atoms with E-state index in [0.717, 1.165) is 19.4 Å². The van der Waals surface area contributed by atoms with Crippen molar-refractivity contribution in [2.45, 2.75) is 57.5 Å². The van der Waals surface area contributed by atoms with Crippen LogP contribution in [0.2, 0.25) is 0 Å². The van der Waals surface area contributed by atoms with Crippen molar-refractivity contribution in [2.75, 3.05) is 6.54 Å². The minimum absolute atomic E-state index is 0.0525. The van der Waals surface area contributed by atoms with Crippen LogP contribution >= 0.6 is 0 Å². The molecule has 1 aromatic heterocycles. The second kappa shape index (κ2) is 6.46. The molecule has 1 saturated carbocycles. The first-order valence-electron chi connectivity index (χ1n) is 9.12. The van der Waals surface area contributed by atoms with E-state index in [1.54, 1.807) is 6.07 Å². The van der Waals surface area contributed by atoms with Crippen molar-refractivity contribution in [2.24, 2.45) is 5.92 Å². The topological polar surface area (TPSA) is 55.5 Å². The molecule has 1 atom stereocenters. The maximum absolute atomic E-state index is 12.9. The largest absolute Gasteiger partial charge is 0.420 e. The van der Waals surface area contributed by atoms with Gasteiger partial charge in [-0.1, -0.05) is 31.4 Å². The summed E-state index contributed by atoms with van der Waals surface area (Å²) < 4.78 is 6.71. The van der Waals surface area contributed by atoms with Crippen molar-refractivity contribution in [3.05, 3.63) is 34.8 Å². The Labute approximate surface area is 141 Å². The molecule has 1 aromatic carbocycles. The van der Waals surface area contributed by atoms with Crippen LogP contribution < -0.4 is 5.76 Å². The molecule has 2 aromatic rings. The van der Waals surface area contributed by atoms with Crippen LogP contribution in [0.5, 0.6) is 0 Å². The molecule has 0 spiro atoms. The molecule has 128 valence electrons. The van der Waals surface area contributed by atoms with Crippen LogP contribution in [0.15, 0.2) is 33.5 Å². The molecule has 4 rings (SSSR count). The number of fused-ring (bicyclic) bond motifs is 1. The third-order valence-electron chi connectivity index (χ3n) is 5.68. The van der Waals surface area contributed by atoms with Gasteiger partial charge in [0.05, 0.1) is 5.52 Å². The molecule has 2 aliphatic rings. The zero-order chi connectivity index (χ0) is 16.5. The van der Waals surface area contributed by atoms with Crippen LogP contribution in [0, 0.1) is 5.92 Å². The van der Waals surface area contributed by atoms with Gasteiger partial charge in [-0.15, -0.1) is 0 Å². The quantitative estimate of drug-likeness (QED) is 0.869. The summed E-state index contributed by atoms with van der Waals surface area (Å²) in [4.78, 5) is 27.0. The predicted molar refractivity (Wildman–Crippen MR) is 91.8 cm³/mol. The van der Waals surface area contributed by atoms with Gasteiger partial charge in [-0.2, -0.15) is 0 Å². The Morgan fingerprint density at radius 1 is 1.08 bits per heavy atom. The lowest BCUT2D eigenvalue weighted by atomic mass is 9.83. The molecule has 1 amide bonds. The first kappa shape index (κ1) is 15.5. The lowest BCUT2D eigenvalue weighted by Crippen LogP contribution is -2.43. The number of amides is 1. The third kappa shape index (κ3) is 2.76. The van der Waals surface area contributed by atoms with E-state index in [4.69, 9.17) is 4.42 Å². The summed E-state index contributed by atoms with van der Waals surface area (Å²) in [6.07, 6.45) is 8.56. The van der Waals surface area contributed by atoms with Crippen LogP contribution in [0.25, 0.3) is 11.1 Å². The third-order valence-corrected chi connectivity index (χ3v) is 5.68. The van der Waals surface area contributed by atoms with Crippen molar-refractivity contribution < 1.29 is 9.21 Å². The molecule has 2 fully saturated rings. The van der Waals surface area contributed by atoms with Gasteiger partial charge in [-0.25, -0.2) is 4.79 Å². The fourth-order valence-corrected chi connectivity index (χ4v) is 4.50. The highest BCUT2D eigenvalue weighted by molar-refractivity contribution is 5.80. The van der Waals surface area contributed by atoms with Gasteiger partial charge in [0.15, 0.2) is 5.58 Å². The molecule has 0 radical (unpaired) electrons. The van der Waals surface area contributed by atoms with Crippen molar-refractivity contribution in [1.82, 2.24) is 9.47 Å². The molecule has 5 heteroatoms. The fraction of sp³-hybridized carbons (Fsp3) is 0.579. The van der Waals surface area contributed by atoms with Crippen molar-refractivity contribution in [3.8, 4) is 0 Å². The number of carbonyl (C=O) groups is 1. The average Bonchev–Trinajstić information content (AvgIpc) is 3.21. The van der Waals surface area contributed by atoms with Gasteiger partial charge < -0.3 is 9.32 Å². The highest BCUT2D eigenvalue weighted by atomic mass is 16.4. The number of oxazole rings is 1. The molecule has 0 unspecified atom stereocenters. The molecule has 24 heavy (non-hydrogen) atoms. The van der Waals surface area contributed by atoms with Crippen LogP contribution in [0.4, 0.5) is 0 Å². The maximum Gasteiger partial charge on any atom is 0.420 e. The molecular weight excluding hydrogens is 304 g/mol. The van der Waals surface area contributed by atoms with E-state index in [1.165, 1.54) is 36.7 Å². The summed E-state index contributed by atoms with van der Waals surface area (Å²) in [6.45, 7) is 0.906. The van der Waals surface area contributed by atoms with E-state index in [-0.39, 0.29) is 12.5 Å². The van der Waals surface area contributed by atoms with E-state index in [2.05, 4.69) is 0 Å². The van der Waals surface area contributed by atoms with E-state index in [0.29, 0.717) is 23.1 Å². The number of para-hydroxylation sites is 2. The fourth-order valence-electron chi connectivity index (χ4n) is 4.50. The Balaban J connectivity index is 1.54. The molecule has 0 bridgehead atoms. The molecule has 0 N–H and O–H groups in total. The van der Waals surface area contributed by atoms with Crippen molar-refractivity contribution in [3.63, 3.8) is 0 Å². The minimum atomic E-state index is -0.446. The van der Waals surface area contributed by atoms with Gasteiger partial charge in [-0.3, -0.25) is 9.36 Å². The predicted octanol–water partition coefficient (Wildman–Crippen LogP) is 3.17. The number of likely N-dealkylation sites (tertiary alicyclic amines) is 1. The first-order valence-corrected chi connectivity index (χ1v) is 9.12. The summed E-state index contributed by atoms with van der Waals surface area (Å²) in [5, 5.41) is 0. The molecular formula is C19H24N2O3. The number of hydrogen-bond donors (Lipinski definition) is 0. The Kier molecular flexibility index (Phi) is 4.17. The van der Waals surface area contributed by atoms with Gasteiger partial charge in [0.1, 0.15) is 6.54 Å². The van der Waals surface area contributed by atoms with Gasteiger partial charge in [0.25, 0.3) is 0 Å². The number of benzene rings is 1. The smallest absolute Gasteiger partial charge is 0.408 e. The van der Waals surface area contributed by atoms with E-state index < -0.39 is 5.76 Å². The molecule has 1 aliphatic heterocycles. The van der Waals surface area contributed by atoms with Crippen molar-refractivity contribution in [1.29, 1.82) is 0 Å². The zero-order valence-corrected chi connectivity index (χ0v) is 13.9. The minimum Gasteiger partial charge on any atom is -0.408 e. The molecule has 5 nitrogen and oxygen atoms in total. The summed E-state index contributed by atoms with van der Waals surface area (Å²) in [6, 6.07) is 7.65. The average molecular weight is 328 g/mol. The van der Waals surface area contributed by atoms with E-state index in [1.807, 2.05) is 23.1 Å². The van der Waals surface area contributed by atoms with Crippen LogP contribution in [-0.4, -0.2) is 28.0 Å². The standard InChI is InChI=1S/C19H24N2O3/c22-18(13-21-16-9-4-5-11-17(16)24-19(21)23)20-12-6-10-15(20)14-7-2-1-3-8-14/h4-5,9,11,14-15H,1-3,6-8,10,12-13H2/t15-/m0/s1. The zero-order valence-electron chi connectivity index (χ0n) is 13.9. The summed E-state index contributed by atoms with van der Waals surface area (Å²) in [5.74, 6) is 0.248. The Bertz CT molecular complexity index is 785. The normalized spacial score (nSPS) is 22.3. The molecule has 2 heterocycles. The highest BCUT2D eigenvalue weighted by Crippen LogP contribution is 2.34. The first-order chi connectivity index (χ1) is 11.7. The van der Waals surface area contributed by atoms with Gasteiger partial charge in [-0.05, 0) is 43.7 Å².